The number of nitrogens with zero attached hydrogens (tertiary/aromatic N) is 4. The Kier molecular flexibility index (Phi) is 84.1. The lowest BCUT2D eigenvalue weighted by Gasteiger charge is -2.41. The van der Waals surface area contributed by atoms with E-state index in [0.29, 0.717) is 83.4 Å². The van der Waals surface area contributed by atoms with Crippen LogP contribution in [0.3, 0.4) is 0 Å². The van der Waals surface area contributed by atoms with E-state index < -0.39 is 18.0 Å². The van der Waals surface area contributed by atoms with Crippen molar-refractivity contribution in [2.75, 3.05) is 160 Å². The van der Waals surface area contributed by atoms with Gasteiger partial charge in [0, 0.05) is 124 Å². The van der Waals surface area contributed by atoms with E-state index in [-0.39, 0.29) is 24.2 Å². The predicted molar refractivity (Wildman–Crippen MR) is 618 cm³/mol. The van der Waals surface area contributed by atoms with Crippen molar-refractivity contribution >= 4 is 0 Å². The van der Waals surface area contributed by atoms with Crippen LogP contribution in [0.4, 0.5) is 13.2 Å². The summed E-state index contributed by atoms with van der Waals surface area (Å²) in [6.45, 7) is 128. The molecule has 7 rings (SSSR count). The summed E-state index contributed by atoms with van der Waals surface area (Å²) in [5, 5.41) is 26.7. The molecule has 0 aromatic carbocycles. The van der Waals surface area contributed by atoms with Crippen LogP contribution in [0.1, 0.15) is 500 Å². The first-order chi connectivity index (χ1) is 63.8. The molecule has 0 amide bonds. The number of methoxy groups -OCH3 is 3. The Morgan fingerprint density at radius 1 is 0.373 bits per heavy atom. The molecule has 0 bridgehead atoms. The van der Waals surface area contributed by atoms with Gasteiger partial charge in [0.2, 0.25) is 0 Å². The molecule has 1 saturated carbocycles. The molecule has 15 nitrogen and oxygen atoms in total. The van der Waals surface area contributed by atoms with Crippen LogP contribution >= 0.6 is 0 Å². The molecule has 7 aliphatic rings. The summed E-state index contributed by atoms with van der Waals surface area (Å²) in [5.74, 6) is 4.05. The Hall–Kier alpha value is -0.810. The summed E-state index contributed by atoms with van der Waals surface area (Å²) in [7, 11) is 7.40. The fraction of sp³-hybridized carbons (Fsp3) is 1.00. The average Bonchev–Trinajstić information content (AvgIpc) is 1.14. The third kappa shape index (κ3) is 119. The molecule has 0 radical (unpaired) electrons. The second kappa shape index (κ2) is 77.5. The molecular weight excluding hydrogens is 1780 g/mol. The van der Waals surface area contributed by atoms with Crippen LogP contribution in [0.15, 0.2) is 0 Å². The van der Waals surface area contributed by atoms with Gasteiger partial charge in [-0.3, -0.25) is 9.80 Å². The topological polar surface area (TPSA) is 147 Å². The van der Waals surface area contributed by atoms with Crippen LogP contribution in [-0.4, -0.2) is 243 Å². The van der Waals surface area contributed by atoms with Crippen LogP contribution in [0.5, 0.6) is 0 Å². The van der Waals surface area contributed by atoms with Crippen molar-refractivity contribution in [3.8, 4) is 0 Å². The average molecular weight is 2040 g/mol. The fourth-order valence-corrected chi connectivity index (χ4v) is 17.7. The number of likely N-dealkylation sites (tertiary alicyclic amines) is 1. The van der Waals surface area contributed by atoms with Gasteiger partial charge in [-0.25, -0.2) is 0 Å². The van der Waals surface area contributed by atoms with Gasteiger partial charge >= 0.3 is 6.18 Å². The minimum atomic E-state index is -4.02. The van der Waals surface area contributed by atoms with Crippen LogP contribution in [0.2, 0.25) is 0 Å². The molecule has 7 unspecified atom stereocenters. The Morgan fingerprint density at radius 3 is 0.972 bits per heavy atom. The third-order valence-electron chi connectivity index (χ3n) is 25.3. The Bertz CT molecular complexity index is 2640. The van der Waals surface area contributed by atoms with E-state index in [4.69, 9.17) is 53.2 Å². The number of aliphatic hydroxyl groups excluding tert-OH is 3. The van der Waals surface area contributed by atoms with Crippen molar-refractivity contribution in [1.29, 1.82) is 0 Å². The lowest BCUT2D eigenvalue weighted by atomic mass is 9.67. The van der Waals surface area contributed by atoms with E-state index in [0.717, 1.165) is 173 Å². The Morgan fingerprint density at radius 2 is 0.746 bits per heavy atom. The highest BCUT2D eigenvalue weighted by Gasteiger charge is 2.37. The van der Waals surface area contributed by atoms with E-state index in [1.54, 1.807) is 42.1 Å². The summed E-state index contributed by atoms with van der Waals surface area (Å²) in [5.41, 5.74) is 4.89. The van der Waals surface area contributed by atoms with Gasteiger partial charge in [0.15, 0.2) is 0 Å². The van der Waals surface area contributed by atoms with Crippen LogP contribution in [-0.2, 0) is 37.9 Å². The number of hydrogen-bond donors (Lipinski definition) is 3. The normalized spacial score (nSPS) is 20.6. The minimum Gasteiger partial charge on any atom is -0.395 e. The first kappa shape index (κ1) is 154. The van der Waals surface area contributed by atoms with Crippen molar-refractivity contribution in [2.45, 2.75) is 548 Å². The van der Waals surface area contributed by atoms with Crippen molar-refractivity contribution < 1.29 is 66.4 Å². The van der Waals surface area contributed by atoms with Gasteiger partial charge in [-0.05, 0) is 342 Å². The van der Waals surface area contributed by atoms with Gasteiger partial charge in [0.1, 0.15) is 0 Å². The molecule has 866 valence electrons. The lowest BCUT2D eigenvalue weighted by Crippen LogP contribution is -2.42. The van der Waals surface area contributed by atoms with Crippen molar-refractivity contribution in [3.05, 3.63) is 0 Å². The molecule has 6 saturated heterocycles. The van der Waals surface area contributed by atoms with E-state index in [2.05, 4.69) is 338 Å². The number of aliphatic hydroxyl groups is 3. The van der Waals surface area contributed by atoms with Crippen molar-refractivity contribution in [2.24, 2.45) is 100.0 Å². The molecular formula is C124H263F3N4O11. The van der Waals surface area contributed by atoms with Gasteiger partial charge in [0.05, 0.1) is 44.2 Å². The van der Waals surface area contributed by atoms with E-state index in [9.17, 15) is 13.2 Å². The molecule has 18 heteroatoms. The quantitative estimate of drug-likeness (QED) is 0.0796. The number of rotatable bonds is 25. The third-order valence-corrected chi connectivity index (χ3v) is 25.3. The first-order valence-corrected chi connectivity index (χ1v) is 57.2. The maximum Gasteiger partial charge on any atom is 0.389 e. The number of halogens is 3. The van der Waals surface area contributed by atoms with Crippen LogP contribution in [0, 0.1) is 100.0 Å². The zero-order valence-corrected chi connectivity index (χ0v) is 106. The SMILES string of the molecule is CC(C)(C)C1CC(O)C1.CC(C)(C)C1CCOC1.CC(C)(C)CC(F)(F)F.CC(C)(C)CC1CCCCO1.CC(C)(C)CC1CCCO1.CC(C)(C)CC1CCCOC1.CC(C)(C)CC1CCOC1.CC(C)CC(C)(C)C.CC(C)N(C)C(C)(C)C.CC(CC(C)(C)C)N1CCCC1.CC(O)CC(C)(C)C.CCCN(CCO)CCC(C)(C)C.COCCC(C)(C)C.COCCN(CCOC)CCC(C)(C)C. The number of hydrogen-bond acceptors (Lipinski definition) is 15. The number of ether oxygens (including phenoxy) is 8. The standard InChI is InChI=1S/C12H27NO2.C11H25NO.C11H23N.2C10H20O.2C9H18O.C8H19N.2C8H16O.C8H18.2C7H16O.C6H11F3/c1-12(2,3)6-7-13(8-10-14-4)9-11-15-5;1-5-7-12(9-10-13)8-6-11(2,3)4;1-10(9-11(2,3)4)12-7-5-6-8-12;1-10(2,3)7-9-5-4-6-11-8-9;1-10(2,3)8-9-6-4-5-7-11-9;1-9(2,3)6-8-4-5-10-7-8;1-9(2,3)7-8-5-4-6-10-8;1-7(2)9(6)8(3,4)5;1-8(2,3)6-4-7(9)5-6;1-8(2,3)7-4-5-9-6-7;1-7(2)6-8(3,4)5;1-7(2,3)5-6-8-4;1-6(8)5-7(2,3)4;1-5(2,3)4-6(7,8)9/h6-11H2,1-5H3;13H,5-10H2,1-4H3;10H,5-9H2,1-4H3;2*9H,4-8H2,1-3H3;2*8H,4-7H2,1-3H3;7H,1-6H3;6-7,9H,4-5H2,1-3H3;7H,4-6H2,1-3H3;7H,6H2,1-5H3;5-6H2,1-4H3;6,8H,5H2,1-4H3;4H2,1-3H3. The van der Waals surface area contributed by atoms with E-state index >= 15 is 0 Å². The highest BCUT2D eigenvalue weighted by atomic mass is 19.4. The zero-order chi connectivity index (χ0) is 113. The van der Waals surface area contributed by atoms with Gasteiger partial charge < -0.3 is 63.0 Å². The van der Waals surface area contributed by atoms with Gasteiger partial charge in [-0.15, -0.1) is 0 Å². The highest BCUT2D eigenvalue weighted by molar-refractivity contribution is 4.87. The number of alkyl halides is 3. The Labute approximate surface area is 888 Å². The first-order valence-electron chi connectivity index (χ1n) is 57.2. The maximum absolute atomic E-state index is 11.6. The summed E-state index contributed by atoms with van der Waals surface area (Å²) < 4.78 is 77.0. The molecule has 0 spiro atoms. The molecule has 142 heavy (non-hydrogen) atoms. The molecule has 1 aliphatic carbocycles. The van der Waals surface area contributed by atoms with Crippen LogP contribution in [0.25, 0.3) is 0 Å². The molecule has 7 fully saturated rings. The van der Waals surface area contributed by atoms with E-state index in [1.807, 2.05) is 6.92 Å². The minimum absolute atomic E-state index is 0.00854. The summed E-state index contributed by atoms with van der Waals surface area (Å²) in [4.78, 5) is 9.72. The molecule has 0 aromatic heterocycles. The second-order valence-electron chi connectivity index (χ2n) is 60.3. The van der Waals surface area contributed by atoms with E-state index in [1.165, 1.54) is 142 Å². The zero-order valence-electron chi connectivity index (χ0n) is 106. The molecule has 6 aliphatic heterocycles. The monoisotopic (exact) mass is 2040 g/mol. The fourth-order valence-electron chi connectivity index (χ4n) is 17.7. The van der Waals surface area contributed by atoms with Gasteiger partial charge in [-0.2, -0.15) is 13.2 Å². The van der Waals surface area contributed by atoms with Gasteiger partial charge in [-0.1, -0.05) is 291 Å². The van der Waals surface area contributed by atoms with Gasteiger partial charge in [0.25, 0.3) is 0 Å². The van der Waals surface area contributed by atoms with Crippen LogP contribution < -0.4 is 0 Å². The summed E-state index contributed by atoms with van der Waals surface area (Å²) in [6.07, 6.45) is 26.0. The maximum atomic E-state index is 11.6. The molecule has 6 heterocycles. The largest absolute Gasteiger partial charge is 0.395 e. The molecule has 7 atom stereocenters. The summed E-state index contributed by atoms with van der Waals surface area (Å²) >= 11 is 0. The van der Waals surface area contributed by atoms with Crippen molar-refractivity contribution in [1.82, 2.24) is 19.6 Å². The molecule has 3 N–H and O–H groups in total. The second-order valence-corrected chi connectivity index (χ2v) is 60.3. The highest BCUT2D eigenvalue weighted by Crippen LogP contribution is 2.42. The Balaban J connectivity index is -0.000000277. The summed E-state index contributed by atoms with van der Waals surface area (Å²) in [6, 6.07) is 1.43. The predicted octanol–water partition coefficient (Wildman–Crippen LogP) is 33.9. The van der Waals surface area contributed by atoms with Crippen molar-refractivity contribution in [3.63, 3.8) is 0 Å². The smallest absolute Gasteiger partial charge is 0.389 e. The molecule has 0 aromatic rings. The lowest BCUT2D eigenvalue weighted by molar-refractivity contribution is -0.152.